The second-order valence-electron chi connectivity index (χ2n) is 7.96. The lowest BCUT2D eigenvalue weighted by Crippen LogP contribution is -2.30. The number of nitrogens with zero attached hydrogens (tertiary/aromatic N) is 2. The molecule has 1 unspecified atom stereocenters. The van der Waals surface area contributed by atoms with Gasteiger partial charge in [-0.15, -0.1) is 11.3 Å². The molecule has 34 heavy (non-hydrogen) atoms. The van der Waals surface area contributed by atoms with E-state index in [1.54, 1.807) is 23.6 Å². The van der Waals surface area contributed by atoms with Gasteiger partial charge in [-0.2, -0.15) is 0 Å². The molecule has 0 fully saturated rings. The van der Waals surface area contributed by atoms with Crippen LogP contribution >= 0.6 is 22.7 Å². The van der Waals surface area contributed by atoms with Crippen LogP contribution in [-0.2, 0) is 14.6 Å². The minimum Gasteiger partial charge on any atom is -0.503 e. The van der Waals surface area contributed by atoms with Crippen LogP contribution in [0.1, 0.15) is 26.8 Å². The molecule has 4 aromatic rings. The van der Waals surface area contributed by atoms with Gasteiger partial charge in [-0.3, -0.25) is 14.5 Å². The third kappa shape index (κ3) is 3.73. The van der Waals surface area contributed by atoms with Crippen molar-refractivity contribution in [3.8, 4) is 0 Å². The lowest BCUT2D eigenvalue weighted by molar-refractivity contribution is -0.117. The van der Waals surface area contributed by atoms with Gasteiger partial charge in [0.1, 0.15) is 0 Å². The number of aliphatic hydroxyl groups is 1. The van der Waals surface area contributed by atoms with Gasteiger partial charge in [-0.05, 0) is 42.1 Å². The van der Waals surface area contributed by atoms with Crippen LogP contribution in [0, 0.1) is 6.92 Å². The number of aromatic nitrogens is 1. The number of thiazole rings is 1. The van der Waals surface area contributed by atoms with Crippen LogP contribution < -0.4 is 4.90 Å². The summed E-state index contributed by atoms with van der Waals surface area (Å²) in [6.45, 7) is 1.93. The molecule has 1 amide bonds. The van der Waals surface area contributed by atoms with Gasteiger partial charge in [-0.25, -0.2) is 13.4 Å². The average molecular weight is 511 g/mol. The van der Waals surface area contributed by atoms with E-state index >= 15 is 0 Å². The minimum absolute atomic E-state index is 0.00705. The van der Waals surface area contributed by atoms with Crippen molar-refractivity contribution in [2.24, 2.45) is 0 Å². The van der Waals surface area contributed by atoms with Gasteiger partial charge in [0.05, 0.1) is 31.6 Å². The van der Waals surface area contributed by atoms with E-state index in [2.05, 4.69) is 4.98 Å². The standard InChI is InChI=1S/C24H18N2O5S3/c1-13-5-7-14(8-6-13)20-19(21(27)17-4-3-11-32-17)22(28)23(29)26(20)24-25-16-10-9-15(34(2,30)31)12-18(16)33-24/h3-12,20,28H,1-2H3. The van der Waals surface area contributed by atoms with Crippen LogP contribution in [0.4, 0.5) is 5.13 Å². The van der Waals surface area contributed by atoms with Gasteiger partial charge in [0.2, 0.25) is 5.78 Å². The normalized spacial score (nSPS) is 16.6. The summed E-state index contributed by atoms with van der Waals surface area (Å²) in [4.78, 5) is 33.0. The maximum atomic E-state index is 13.3. The van der Waals surface area contributed by atoms with Crippen LogP contribution in [0.15, 0.2) is 76.2 Å². The zero-order valence-electron chi connectivity index (χ0n) is 18.1. The highest BCUT2D eigenvalue weighted by molar-refractivity contribution is 7.90. The van der Waals surface area contributed by atoms with Crippen LogP contribution in [0.3, 0.4) is 0 Å². The number of Topliss-reactive ketones (excluding diaryl/α,β-unsaturated/α-hetero) is 1. The van der Waals surface area contributed by atoms with Gasteiger partial charge in [0.15, 0.2) is 20.7 Å². The molecule has 2 aromatic heterocycles. The van der Waals surface area contributed by atoms with Crippen molar-refractivity contribution in [1.29, 1.82) is 0 Å². The number of hydrogen-bond donors (Lipinski definition) is 1. The largest absolute Gasteiger partial charge is 0.503 e. The van der Waals surface area contributed by atoms with E-state index in [1.165, 1.54) is 28.4 Å². The van der Waals surface area contributed by atoms with E-state index in [1.807, 2.05) is 31.2 Å². The van der Waals surface area contributed by atoms with Crippen LogP contribution in [0.5, 0.6) is 0 Å². The number of rotatable bonds is 5. The van der Waals surface area contributed by atoms with Crippen molar-refractivity contribution in [3.05, 3.63) is 87.3 Å². The lowest BCUT2D eigenvalue weighted by Gasteiger charge is -2.24. The summed E-state index contributed by atoms with van der Waals surface area (Å²) in [5.74, 6) is -1.76. The molecule has 0 spiro atoms. The Bertz CT molecular complexity index is 1580. The minimum atomic E-state index is -3.42. The monoisotopic (exact) mass is 510 g/mol. The summed E-state index contributed by atoms with van der Waals surface area (Å²) in [6.07, 6.45) is 1.12. The molecule has 0 bridgehead atoms. The first kappa shape index (κ1) is 22.5. The van der Waals surface area contributed by atoms with Crippen molar-refractivity contribution >= 4 is 59.5 Å². The maximum absolute atomic E-state index is 13.3. The molecule has 7 nitrogen and oxygen atoms in total. The first-order valence-electron chi connectivity index (χ1n) is 10.2. The summed E-state index contributed by atoms with van der Waals surface area (Å²) in [6, 6.07) is 14.4. The number of anilines is 1. The Labute approximate surface area is 203 Å². The molecule has 0 saturated carbocycles. The van der Waals surface area contributed by atoms with E-state index in [0.717, 1.165) is 23.2 Å². The highest BCUT2D eigenvalue weighted by Gasteiger charge is 2.46. The molecular weight excluding hydrogens is 492 g/mol. The molecule has 1 aliphatic rings. The molecule has 1 aliphatic heterocycles. The summed E-state index contributed by atoms with van der Waals surface area (Å²) < 4.78 is 24.5. The Morgan fingerprint density at radius 3 is 2.50 bits per heavy atom. The molecule has 10 heteroatoms. The number of ketones is 1. The number of fused-ring (bicyclic) bond motifs is 1. The SMILES string of the molecule is Cc1ccc(C2C(C(=O)c3cccs3)=C(O)C(=O)N2c2nc3ccc(S(C)(=O)=O)cc3s2)cc1. The number of sulfone groups is 1. The van der Waals surface area contributed by atoms with Crippen LogP contribution in [0.2, 0.25) is 0 Å². The van der Waals surface area contributed by atoms with E-state index in [0.29, 0.717) is 20.7 Å². The van der Waals surface area contributed by atoms with Crippen molar-refractivity contribution in [3.63, 3.8) is 0 Å². The second kappa shape index (κ2) is 8.15. The molecule has 0 aliphatic carbocycles. The summed E-state index contributed by atoms with van der Waals surface area (Å²) in [5, 5.41) is 12.9. The Morgan fingerprint density at radius 2 is 1.85 bits per heavy atom. The number of amides is 1. The predicted octanol–water partition coefficient (Wildman–Crippen LogP) is 4.85. The first-order valence-corrected chi connectivity index (χ1v) is 13.8. The Hall–Kier alpha value is -3.34. The average Bonchev–Trinajstić information content (AvgIpc) is 3.52. The fraction of sp³-hybridized carbons (Fsp3) is 0.125. The van der Waals surface area contributed by atoms with E-state index in [9.17, 15) is 23.1 Å². The van der Waals surface area contributed by atoms with E-state index < -0.39 is 33.3 Å². The van der Waals surface area contributed by atoms with Crippen molar-refractivity contribution in [2.75, 3.05) is 11.2 Å². The number of carbonyl (C=O) groups is 2. The number of carbonyl (C=O) groups excluding carboxylic acids is 2. The Kier molecular flexibility index (Phi) is 5.38. The number of aryl methyl sites for hydroxylation is 1. The van der Waals surface area contributed by atoms with Crippen molar-refractivity contribution < 1.29 is 23.1 Å². The molecule has 0 radical (unpaired) electrons. The van der Waals surface area contributed by atoms with Crippen LogP contribution in [0.25, 0.3) is 10.2 Å². The molecular formula is C24H18N2O5S3. The third-order valence-electron chi connectivity index (χ3n) is 5.57. The van der Waals surface area contributed by atoms with Gasteiger partial charge in [0.25, 0.3) is 5.91 Å². The summed E-state index contributed by atoms with van der Waals surface area (Å²) in [7, 11) is -3.42. The van der Waals surface area contributed by atoms with Crippen molar-refractivity contribution in [1.82, 2.24) is 4.98 Å². The fourth-order valence-electron chi connectivity index (χ4n) is 3.87. The first-order chi connectivity index (χ1) is 16.1. The molecule has 172 valence electrons. The quantitative estimate of drug-likeness (QED) is 0.385. The Morgan fingerprint density at radius 1 is 1.12 bits per heavy atom. The van der Waals surface area contributed by atoms with Gasteiger partial charge >= 0.3 is 0 Å². The molecule has 1 N–H and O–H groups in total. The summed E-state index contributed by atoms with van der Waals surface area (Å²) >= 11 is 2.36. The topological polar surface area (TPSA) is 105 Å². The predicted molar refractivity (Wildman–Crippen MR) is 132 cm³/mol. The van der Waals surface area contributed by atoms with Crippen LogP contribution in [-0.4, -0.2) is 36.5 Å². The van der Waals surface area contributed by atoms with Crippen molar-refractivity contribution in [2.45, 2.75) is 17.9 Å². The van der Waals surface area contributed by atoms with Gasteiger partial charge < -0.3 is 5.11 Å². The molecule has 5 rings (SSSR count). The van der Waals surface area contributed by atoms with E-state index in [4.69, 9.17) is 0 Å². The highest BCUT2D eigenvalue weighted by Crippen LogP contribution is 2.44. The number of hydrogen-bond acceptors (Lipinski definition) is 8. The summed E-state index contributed by atoms with van der Waals surface area (Å²) in [5.41, 5.74) is 2.17. The second-order valence-corrected chi connectivity index (χ2v) is 11.9. The highest BCUT2D eigenvalue weighted by atomic mass is 32.2. The number of benzene rings is 2. The fourth-order valence-corrected chi connectivity index (χ4v) is 6.30. The zero-order chi connectivity index (χ0) is 24.2. The number of aliphatic hydroxyl groups excluding tert-OH is 1. The van der Waals surface area contributed by atoms with Gasteiger partial charge in [-0.1, -0.05) is 47.2 Å². The molecule has 1 atom stereocenters. The Balaban J connectivity index is 1.67. The van der Waals surface area contributed by atoms with E-state index in [-0.39, 0.29) is 15.6 Å². The van der Waals surface area contributed by atoms with Gasteiger partial charge in [0, 0.05) is 6.26 Å². The molecule has 3 heterocycles. The maximum Gasteiger partial charge on any atom is 0.296 e. The molecule has 0 saturated heterocycles. The smallest absolute Gasteiger partial charge is 0.296 e. The lowest BCUT2D eigenvalue weighted by atomic mass is 9.95. The third-order valence-corrected chi connectivity index (χ3v) is 8.57. The number of thiophene rings is 1. The zero-order valence-corrected chi connectivity index (χ0v) is 20.5. The molecule has 2 aromatic carbocycles.